The van der Waals surface area contributed by atoms with Crippen molar-refractivity contribution in [3.8, 4) is 0 Å². The van der Waals surface area contributed by atoms with Crippen LogP contribution in [0.2, 0.25) is 0 Å². The molecule has 20 heavy (non-hydrogen) atoms. The van der Waals surface area contributed by atoms with Crippen LogP contribution in [-0.4, -0.2) is 64.7 Å². The number of carbonyl (C=O) groups excluding carboxylic acids is 1. The molecule has 6 heteroatoms. The van der Waals surface area contributed by atoms with Crippen molar-refractivity contribution in [2.75, 3.05) is 19.6 Å². The van der Waals surface area contributed by atoms with Crippen LogP contribution in [0.3, 0.4) is 0 Å². The van der Waals surface area contributed by atoms with Gasteiger partial charge < -0.3 is 15.3 Å². The number of nitrogens with zero attached hydrogens (tertiary/aromatic N) is 2. The number of hydrogen-bond acceptors (Lipinski definition) is 3. The Morgan fingerprint density at radius 2 is 1.85 bits per heavy atom. The van der Waals surface area contributed by atoms with E-state index in [1.54, 1.807) is 0 Å². The molecule has 3 rings (SSSR count). The third-order valence-electron chi connectivity index (χ3n) is 4.96. The molecule has 3 heterocycles. The largest absolute Gasteiger partial charge is 0.480 e. The topological polar surface area (TPSA) is 72.9 Å². The van der Waals surface area contributed by atoms with Gasteiger partial charge in [0.25, 0.3) is 0 Å². The first kappa shape index (κ1) is 13.7. The maximum atomic E-state index is 12.4. The zero-order valence-electron chi connectivity index (χ0n) is 11.8. The Hall–Kier alpha value is -1.30. The van der Waals surface area contributed by atoms with Crippen molar-refractivity contribution in [2.24, 2.45) is 0 Å². The van der Waals surface area contributed by atoms with E-state index < -0.39 is 12.0 Å². The summed E-state index contributed by atoms with van der Waals surface area (Å²) >= 11 is 0. The summed E-state index contributed by atoms with van der Waals surface area (Å²) in [7, 11) is 0. The molecule has 0 aromatic rings. The SMILES string of the molecule is O=C(O)C1CCCCN1C(=O)NC1CCN2CCCC12. The second kappa shape index (κ2) is 5.60. The van der Waals surface area contributed by atoms with Crippen molar-refractivity contribution in [2.45, 2.75) is 56.7 Å². The van der Waals surface area contributed by atoms with Crippen molar-refractivity contribution in [1.82, 2.24) is 15.1 Å². The Balaban J connectivity index is 1.61. The van der Waals surface area contributed by atoms with Crippen molar-refractivity contribution < 1.29 is 14.7 Å². The van der Waals surface area contributed by atoms with Gasteiger partial charge in [0.15, 0.2) is 0 Å². The van der Waals surface area contributed by atoms with Crippen LogP contribution in [-0.2, 0) is 4.79 Å². The maximum absolute atomic E-state index is 12.4. The molecule has 3 unspecified atom stereocenters. The maximum Gasteiger partial charge on any atom is 0.326 e. The van der Waals surface area contributed by atoms with Gasteiger partial charge >= 0.3 is 12.0 Å². The molecule has 0 aliphatic carbocycles. The number of rotatable bonds is 2. The lowest BCUT2D eigenvalue weighted by atomic mass is 10.0. The summed E-state index contributed by atoms with van der Waals surface area (Å²) in [5, 5.41) is 12.3. The second-order valence-corrected chi connectivity index (χ2v) is 6.13. The first-order chi connectivity index (χ1) is 9.66. The van der Waals surface area contributed by atoms with E-state index >= 15 is 0 Å². The van der Waals surface area contributed by atoms with E-state index in [1.165, 1.54) is 11.3 Å². The summed E-state index contributed by atoms with van der Waals surface area (Å²) in [5.74, 6) is -0.881. The minimum atomic E-state index is -0.881. The van der Waals surface area contributed by atoms with E-state index in [0.717, 1.165) is 38.8 Å². The summed E-state index contributed by atoms with van der Waals surface area (Å²) in [6.07, 6.45) is 5.70. The predicted octanol–water partition coefficient (Wildman–Crippen LogP) is 0.872. The number of urea groups is 1. The van der Waals surface area contributed by atoms with Crippen LogP contribution < -0.4 is 5.32 Å². The standard InChI is InChI=1S/C14H23N3O3/c18-13(19)12-4-1-2-8-17(12)14(20)15-10-6-9-16-7-3-5-11(10)16/h10-12H,1-9H2,(H,15,20)(H,18,19). The molecule has 0 radical (unpaired) electrons. The third-order valence-corrected chi connectivity index (χ3v) is 4.96. The average molecular weight is 281 g/mol. The van der Waals surface area contributed by atoms with Crippen molar-refractivity contribution in [1.29, 1.82) is 0 Å². The summed E-state index contributed by atoms with van der Waals surface area (Å²) < 4.78 is 0. The number of carboxylic acids is 1. The Morgan fingerprint density at radius 1 is 1.00 bits per heavy atom. The molecule has 3 atom stereocenters. The lowest BCUT2D eigenvalue weighted by Crippen LogP contribution is -2.55. The van der Waals surface area contributed by atoms with E-state index in [0.29, 0.717) is 19.0 Å². The fourth-order valence-corrected chi connectivity index (χ4v) is 3.92. The molecule has 2 amide bonds. The van der Waals surface area contributed by atoms with Gasteiger partial charge in [0.1, 0.15) is 6.04 Å². The summed E-state index contributed by atoms with van der Waals surface area (Å²) in [5.41, 5.74) is 0. The zero-order valence-corrected chi connectivity index (χ0v) is 11.8. The highest BCUT2D eigenvalue weighted by Crippen LogP contribution is 2.28. The van der Waals surface area contributed by atoms with Crippen LogP contribution in [0.1, 0.15) is 38.5 Å². The summed E-state index contributed by atoms with van der Waals surface area (Å²) in [4.78, 5) is 27.6. The molecule has 2 N–H and O–H groups in total. The molecule has 0 aromatic heterocycles. The second-order valence-electron chi connectivity index (χ2n) is 6.13. The van der Waals surface area contributed by atoms with Crippen LogP contribution in [0.25, 0.3) is 0 Å². The normalized spacial score (nSPS) is 34.0. The molecule has 3 aliphatic rings. The number of amides is 2. The molecule has 3 aliphatic heterocycles. The van der Waals surface area contributed by atoms with Crippen LogP contribution in [0, 0.1) is 0 Å². The van der Waals surface area contributed by atoms with E-state index in [2.05, 4.69) is 10.2 Å². The highest BCUT2D eigenvalue weighted by Gasteiger charge is 2.40. The van der Waals surface area contributed by atoms with E-state index in [4.69, 9.17) is 0 Å². The molecule has 3 saturated heterocycles. The molecule has 0 saturated carbocycles. The van der Waals surface area contributed by atoms with Crippen molar-refractivity contribution in [3.05, 3.63) is 0 Å². The lowest BCUT2D eigenvalue weighted by Gasteiger charge is -2.34. The Bertz CT molecular complexity index is 401. The number of hydrogen-bond donors (Lipinski definition) is 2. The number of likely N-dealkylation sites (tertiary alicyclic amines) is 1. The summed E-state index contributed by atoms with van der Waals surface area (Å²) in [6.45, 7) is 2.75. The van der Waals surface area contributed by atoms with Gasteiger partial charge in [-0.3, -0.25) is 4.90 Å². The molecular weight excluding hydrogens is 258 g/mol. The molecule has 112 valence electrons. The van der Waals surface area contributed by atoms with Crippen molar-refractivity contribution >= 4 is 12.0 Å². The van der Waals surface area contributed by atoms with Gasteiger partial charge in [0.2, 0.25) is 0 Å². The summed E-state index contributed by atoms with van der Waals surface area (Å²) in [6, 6.07) is -0.172. The monoisotopic (exact) mass is 281 g/mol. The minimum absolute atomic E-state index is 0.184. The Labute approximate surface area is 119 Å². The molecule has 0 bridgehead atoms. The zero-order chi connectivity index (χ0) is 14.1. The molecule has 3 fully saturated rings. The quantitative estimate of drug-likeness (QED) is 0.788. The van der Waals surface area contributed by atoms with Crippen LogP contribution in [0.4, 0.5) is 4.79 Å². The van der Waals surface area contributed by atoms with Crippen LogP contribution in [0.15, 0.2) is 0 Å². The highest BCUT2D eigenvalue weighted by molar-refractivity contribution is 5.83. The van der Waals surface area contributed by atoms with Crippen molar-refractivity contribution in [3.63, 3.8) is 0 Å². The Kier molecular flexibility index (Phi) is 3.83. The fraction of sp³-hybridized carbons (Fsp3) is 0.857. The molecule has 0 spiro atoms. The third kappa shape index (κ3) is 2.49. The minimum Gasteiger partial charge on any atom is -0.480 e. The Morgan fingerprint density at radius 3 is 2.65 bits per heavy atom. The van der Waals surface area contributed by atoms with Gasteiger partial charge in [-0.2, -0.15) is 0 Å². The number of aliphatic carboxylic acids is 1. The molecule has 6 nitrogen and oxygen atoms in total. The highest BCUT2D eigenvalue weighted by atomic mass is 16.4. The lowest BCUT2D eigenvalue weighted by molar-refractivity contribution is -0.143. The predicted molar refractivity (Wildman–Crippen MR) is 73.5 cm³/mol. The van der Waals surface area contributed by atoms with E-state index in [9.17, 15) is 14.7 Å². The fourth-order valence-electron chi connectivity index (χ4n) is 3.92. The number of piperidine rings is 1. The molecule has 0 aromatic carbocycles. The van der Waals surface area contributed by atoms with Crippen LogP contribution in [0.5, 0.6) is 0 Å². The van der Waals surface area contributed by atoms with Crippen LogP contribution >= 0.6 is 0 Å². The average Bonchev–Trinajstić information content (AvgIpc) is 3.03. The van der Waals surface area contributed by atoms with E-state index in [-0.39, 0.29) is 12.1 Å². The smallest absolute Gasteiger partial charge is 0.326 e. The van der Waals surface area contributed by atoms with Gasteiger partial charge in [-0.25, -0.2) is 9.59 Å². The first-order valence-electron chi connectivity index (χ1n) is 7.71. The van der Waals surface area contributed by atoms with Gasteiger partial charge in [-0.1, -0.05) is 0 Å². The number of carboxylic acid groups (broad SMARTS) is 1. The molecular formula is C14H23N3O3. The van der Waals surface area contributed by atoms with E-state index in [1.807, 2.05) is 0 Å². The van der Waals surface area contributed by atoms with Gasteiger partial charge in [-0.15, -0.1) is 0 Å². The number of fused-ring (bicyclic) bond motifs is 1. The van der Waals surface area contributed by atoms with Gasteiger partial charge in [-0.05, 0) is 45.1 Å². The first-order valence-corrected chi connectivity index (χ1v) is 7.71. The van der Waals surface area contributed by atoms with Gasteiger partial charge in [0.05, 0.1) is 0 Å². The van der Waals surface area contributed by atoms with Gasteiger partial charge in [0, 0.05) is 25.2 Å². The number of nitrogens with one attached hydrogen (secondary N) is 1. The number of carbonyl (C=O) groups is 2.